The van der Waals surface area contributed by atoms with Crippen molar-refractivity contribution in [2.45, 2.75) is 6.04 Å². The maximum absolute atomic E-state index is 13.4. The van der Waals surface area contributed by atoms with E-state index in [0.717, 1.165) is 19.2 Å². The van der Waals surface area contributed by atoms with Crippen LogP contribution in [0.4, 0.5) is 4.39 Å². The van der Waals surface area contributed by atoms with Crippen LogP contribution in [0.5, 0.6) is 5.75 Å². The standard InChI is InChI=1S/C10H10FNO5.ClH/c1-17-10(16)7(12)6-5(11)3-2-4(8(6)13)9(14)15;/h2-3,7,13H,12H2,1H3,(H,14,15);1H/t7-;/m1./s1. The number of ether oxygens (including phenoxy) is 1. The Bertz CT molecular complexity index is 480. The van der Waals surface area contributed by atoms with Crippen LogP contribution in [0.15, 0.2) is 12.1 Å². The summed E-state index contributed by atoms with van der Waals surface area (Å²) < 4.78 is 17.7. The molecule has 0 aliphatic heterocycles. The van der Waals surface area contributed by atoms with Gasteiger partial charge < -0.3 is 20.7 Å². The lowest BCUT2D eigenvalue weighted by Gasteiger charge is -2.13. The van der Waals surface area contributed by atoms with E-state index in [0.29, 0.717) is 0 Å². The SMILES string of the molecule is COC(=O)[C@H](N)c1c(F)ccc(C(=O)O)c1O.Cl. The fraction of sp³-hybridized carbons (Fsp3) is 0.200. The van der Waals surface area contributed by atoms with Crippen LogP contribution in [-0.4, -0.2) is 29.3 Å². The minimum atomic E-state index is -1.58. The number of halogens is 2. The number of hydrogen-bond acceptors (Lipinski definition) is 5. The number of nitrogens with two attached hydrogens (primary N) is 1. The van der Waals surface area contributed by atoms with Crippen molar-refractivity contribution in [1.82, 2.24) is 0 Å². The zero-order chi connectivity index (χ0) is 13.2. The van der Waals surface area contributed by atoms with Crippen LogP contribution in [0, 0.1) is 5.82 Å². The topological polar surface area (TPSA) is 110 Å². The van der Waals surface area contributed by atoms with Gasteiger partial charge in [-0.25, -0.2) is 9.18 Å². The zero-order valence-electron chi connectivity index (χ0n) is 9.21. The van der Waals surface area contributed by atoms with E-state index in [-0.39, 0.29) is 12.4 Å². The van der Waals surface area contributed by atoms with Crippen molar-refractivity contribution in [3.63, 3.8) is 0 Å². The quantitative estimate of drug-likeness (QED) is 0.707. The second-order valence-electron chi connectivity index (χ2n) is 3.16. The van der Waals surface area contributed by atoms with Crippen LogP contribution in [0.25, 0.3) is 0 Å². The minimum Gasteiger partial charge on any atom is -0.507 e. The molecule has 1 aromatic carbocycles. The van der Waals surface area contributed by atoms with E-state index in [4.69, 9.17) is 10.8 Å². The van der Waals surface area contributed by atoms with Crippen molar-refractivity contribution in [1.29, 1.82) is 0 Å². The van der Waals surface area contributed by atoms with Crippen molar-refractivity contribution >= 4 is 24.3 Å². The van der Waals surface area contributed by atoms with Crippen LogP contribution in [0.2, 0.25) is 0 Å². The third-order valence-electron chi connectivity index (χ3n) is 2.16. The lowest BCUT2D eigenvalue weighted by molar-refractivity contribution is -0.142. The van der Waals surface area contributed by atoms with Crippen molar-refractivity contribution < 1.29 is 28.9 Å². The van der Waals surface area contributed by atoms with Crippen molar-refractivity contribution in [2.75, 3.05) is 7.11 Å². The number of methoxy groups -OCH3 is 1. The maximum atomic E-state index is 13.4. The molecule has 0 amide bonds. The summed E-state index contributed by atoms with van der Waals surface area (Å²) in [6.45, 7) is 0. The first-order chi connectivity index (χ1) is 7.90. The number of aromatic hydroxyl groups is 1. The number of benzene rings is 1. The Morgan fingerprint density at radius 2 is 2.00 bits per heavy atom. The number of rotatable bonds is 3. The zero-order valence-corrected chi connectivity index (χ0v) is 10.0. The van der Waals surface area contributed by atoms with Gasteiger partial charge in [0.25, 0.3) is 0 Å². The molecule has 0 fully saturated rings. The van der Waals surface area contributed by atoms with Gasteiger partial charge in [-0.05, 0) is 12.1 Å². The highest BCUT2D eigenvalue weighted by Gasteiger charge is 2.27. The number of carbonyl (C=O) groups is 2. The maximum Gasteiger partial charge on any atom is 0.339 e. The van der Waals surface area contributed by atoms with Gasteiger partial charge in [-0.2, -0.15) is 0 Å². The van der Waals surface area contributed by atoms with Gasteiger partial charge in [-0.15, -0.1) is 12.4 Å². The lowest BCUT2D eigenvalue weighted by atomic mass is 10.0. The summed E-state index contributed by atoms with van der Waals surface area (Å²) in [5.74, 6) is -4.30. The second kappa shape index (κ2) is 6.18. The van der Waals surface area contributed by atoms with E-state index >= 15 is 0 Å². The predicted octanol–water partition coefficient (Wildman–Crippen LogP) is 0.824. The lowest BCUT2D eigenvalue weighted by Crippen LogP contribution is -2.24. The summed E-state index contributed by atoms with van der Waals surface area (Å²) >= 11 is 0. The Morgan fingerprint density at radius 3 is 2.44 bits per heavy atom. The third kappa shape index (κ3) is 2.88. The average Bonchev–Trinajstić information content (AvgIpc) is 2.27. The van der Waals surface area contributed by atoms with Gasteiger partial charge in [0.15, 0.2) is 0 Å². The summed E-state index contributed by atoms with van der Waals surface area (Å²) in [4.78, 5) is 21.8. The van der Waals surface area contributed by atoms with E-state index in [1.807, 2.05) is 0 Å². The smallest absolute Gasteiger partial charge is 0.339 e. The number of esters is 1. The Morgan fingerprint density at radius 1 is 1.44 bits per heavy atom. The monoisotopic (exact) mass is 279 g/mol. The van der Waals surface area contributed by atoms with E-state index < -0.39 is 40.7 Å². The van der Waals surface area contributed by atoms with Crippen molar-refractivity contribution in [3.8, 4) is 5.75 Å². The minimum absolute atomic E-state index is 0. The Kier molecular flexibility index (Phi) is 5.54. The third-order valence-corrected chi connectivity index (χ3v) is 2.16. The highest BCUT2D eigenvalue weighted by Crippen LogP contribution is 2.30. The average molecular weight is 280 g/mol. The van der Waals surface area contributed by atoms with Gasteiger partial charge in [-0.1, -0.05) is 0 Å². The molecule has 0 spiro atoms. The summed E-state index contributed by atoms with van der Waals surface area (Å²) in [5, 5.41) is 18.3. The molecule has 18 heavy (non-hydrogen) atoms. The van der Waals surface area contributed by atoms with E-state index in [1.54, 1.807) is 0 Å². The predicted molar refractivity (Wildman–Crippen MR) is 61.2 cm³/mol. The van der Waals surface area contributed by atoms with Gasteiger partial charge >= 0.3 is 11.9 Å². The number of carbonyl (C=O) groups excluding carboxylic acids is 1. The Balaban J connectivity index is 0.00000289. The molecule has 1 aromatic rings. The number of hydrogen-bond donors (Lipinski definition) is 3. The number of carboxylic acids is 1. The van der Waals surface area contributed by atoms with Crippen LogP contribution >= 0.6 is 12.4 Å². The molecule has 1 rings (SSSR count). The molecule has 0 saturated heterocycles. The fourth-order valence-electron chi connectivity index (χ4n) is 1.30. The first kappa shape index (κ1) is 16.1. The Labute approximate surface area is 108 Å². The largest absolute Gasteiger partial charge is 0.507 e. The molecule has 0 bridgehead atoms. The molecular weight excluding hydrogens is 269 g/mol. The second-order valence-corrected chi connectivity index (χ2v) is 3.16. The Hall–Kier alpha value is -1.86. The molecule has 0 aromatic heterocycles. The molecule has 0 unspecified atom stereocenters. The molecule has 0 aliphatic carbocycles. The van der Waals surface area contributed by atoms with Gasteiger partial charge in [0, 0.05) is 0 Å². The van der Waals surface area contributed by atoms with Crippen LogP contribution in [0.1, 0.15) is 22.0 Å². The molecule has 0 aliphatic rings. The molecule has 0 saturated carbocycles. The first-order valence-electron chi connectivity index (χ1n) is 4.48. The molecule has 4 N–H and O–H groups in total. The highest BCUT2D eigenvalue weighted by molar-refractivity contribution is 5.92. The van der Waals surface area contributed by atoms with Crippen molar-refractivity contribution in [2.24, 2.45) is 5.73 Å². The van der Waals surface area contributed by atoms with Crippen molar-refractivity contribution in [3.05, 3.63) is 29.1 Å². The summed E-state index contributed by atoms with van der Waals surface area (Å²) in [6, 6.07) is 0.0984. The summed E-state index contributed by atoms with van der Waals surface area (Å²) in [6.07, 6.45) is 0. The molecule has 6 nitrogen and oxygen atoms in total. The van der Waals surface area contributed by atoms with Gasteiger partial charge in [0.1, 0.15) is 23.2 Å². The molecule has 1 atom stereocenters. The summed E-state index contributed by atoms with van der Waals surface area (Å²) in [7, 11) is 1.04. The van der Waals surface area contributed by atoms with E-state index in [2.05, 4.69) is 4.74 Å². The molecule has 8 heteroatoms. The van der Waals surface area contributed by atoms with Gasteiger partial charge in [0.2, 0.25) is 0 Å². The summed E-state index contributed by atoms with van der Waals surface area (Å²) in [5.41, 5.74) is 4.21. The van der Waals surface area contributed by atoms with Crippen LogP contribution < -0.4 is 5.73 Å². The molecule has 0 heterocycles. The van der Waals surface area contributed by atoms with Crippen LogP contribution in [-0.2, 0) is 9.53 Å². The number of aromatic carboxylic acids is 1. The van der Waals surface area contributed by atoms with Gasteiger partial charge in [0.05, 0.1) is 12.7 Å². The highest BCUT2D eigenvalue weighted by atomic mass is 35.5. The molecule has 0 radical (unpaired) electrons. The van der Waals surface area contributed by atoms with E-state index in [9.17, 15) is 19.1 Å². The fourth-order valence-corrected chi connectivity index (χ4v) is 1.30. The first-order valence-corrected chi connectivity index (χ1v) is 4.48. The van der Waals surface area contributed by atoms with Gasteiger partial charge in [-0.3, -0.25) is 4.79 Å². The van der Waals surface area contributed by atoms with E-state index in [1.165, 1.54) is 0 Å². The molecule has 100 valence electrons. The number of carboxylic acid groups (broad SMARTS) is 1. The molecular formula is C10H11ClFNO5. The van der Waals surface area contributed by atoms with Crippen LogP contribution in [0.3, 0.4) is 0 Å². The normalized spacial score (nSPS) is 11.3. The number of phenols is 1.